The molecule has 5 nitrogen and oxygen atoms in total. The minimum Gasteiger partial charge on any atom is -0.469 e. The first kappa shape index (κ1) is 14.8. The molecular formula is C13H23NO4S. The Hall–Kier alpha value is -0.620. The van der Waals surface area contributed by atoms with Gasteiger partial charge in [-0.05, 0) is 24.7 Å². The standard InChI is InChI=1S/C13H23NO4S/c1-13(2)7-8-14(9-13)19(16,17)11-6-4-5-10(11)12(15)18-3/h10-11H,4-9H2,1-3H3. The van der Waals surface area contributed by atoms with Crippen LogP contribution in [0.1, 0.15) is 39.5 Å². The van der Waals surface area contributed by atoms with Crippen molar-refractivity contribution in [1.82, 2.24) is 4.31 Å². The van der Waals surface area contributed by atoms with Crippen molar-refractivity contribution in [3.05, 3.63) is 0 Å². The molecule has 1 aliphatic heterocycles. The average Bonchev–Trinajstić information content (AvgIpc) is 2.94. The van der Waals surface area contributed by atoms with Crippen LogP contribution in [0.4, 0.5) is 0 Å². The van der Waals surface area contributed by atoms with Gasteiger partial charge in [0.2, 0.25) is 10.0 Å². The summed E-state index contributed by atoms with van der Waals surface area (Å²) in [4.78, 5) is 11.7. The number of methoxy groups -OCH3 is 1. The highest BCUT2D eigenvalue weighted by molar-refractivity contribution is 7.89. The molecule has 0 aromatic heterocycles. The SMILES string of the molecule is COC(=O)C1CCCC1S(=O)(=O)N1CCC(C)(C)C1. The third kappa shape index (κ3) is 2.79. The van der Waals surface area contributed by atoms with Crippen LogP contribution in [0.15, 0.2) is 0 Å². The maximum Gasteiger partial charge on any atom is 0.310 e. The Morgan fingerprint density at radius 3 is 2.53 bits per heavy atom. The van der Waals surface area contributed by atoms with Crippen LogP contribution in [0.25, 0.3) is 0 Å². The number of esters is 1. The largest absolute Gasteiger partial charge is 0.469 e. The van der Waals surface area contributed by atoms with E-state index in [0.717, 1.165) is 12.8 Å². The fraction of sp³-hybridized carbons (Fsp3) is 0.923. The second kappa shape index (κ2) is 5.05. The molecule has 1 saturated heterocycles. The van der Waals surface area contributed by atoms with Crippen LogP contribution < -0.4 is 0 Å². The van der Waals surface area contributed by atoms with Gasteiger partial charge in [0.25, 0.3) is 0 Å². The third-order valence-electron chi connectivity index (χ3n) is 4.34. The topological polar surface area (TPSA) is 63.7 Å². The van der Waals surface area contributed by atoms with Gasteiger partial charge in [0.1, 0.15) is 0 Å². The van der Waals surface area contributed by atoms with Crippen molar-refractivity contribution in [1.29, 1.82) is 0 Å². The van der Waals surface area contributed by atoms with Gasteiger partial charge in [0.05, 0.1) is 18.3 Å². The summed E-state index contributed by atoms with van der Waals surface area (Å²) >= 11 is 0. The fourth-order valence-electron chi connectivity index (χ4n) is 3.18. The van der Waals surface area contributed by atoms with Gasteiger partial charge in [-0.1, -0.05) is 20.3 Å². The number of sulfonamides is 1. The molecule has 6 heteroatoms. The van der Waals surface area contributed by atoms with E-state index >= 15 is 0 Å². The summed E-state index contributed by atoms with van der Waals surface area (Å²) < 4.78 is 31.7. The molecule has 0 aromatic carbocycles. The van der Waals surface area contributed by atoms with Crippen molar-refractivity contribution in [3.63, 3.8) is 0 Å². The molecule has 19 heavy (non-hydrogen) atoms. The highest BCUT2D eigenvalue weighted by Crippen LogP contribution is 2.38. The lowest BCUT2D eigenvalue weighted by Gasteiger charge is -2.25. The molecule has 2 unspecified atom stereocenters. The van der Waals surface area contributed by atoms with Gasteiger partial charge < -0.3 is 4.74 Å². The molecule has 0 spiro atoms. The predicted octanol–water partition coefficient (Wildman–Crippen LogP) is 1.39. The van der Waals surface area contributed by atoms with Gasteiger partial charge in [-0.3, -0.25) is 4.79 Å². The van der Waals surface area contributed by atoms with Crippen LogP contribution in [0.2, 0.25) is 0 Å². The molecule has 110 valence electrons. The summed E-state index contributed by atoms with van der Waals surface area (Å²) in [5, 5.41) is -0.589. The van der Waals surface area contributed by atoms with Crippen LogP contribution in [0.5, 0.6) is 0 Å². The molecule has 1 heterocycles. The summed E-state index contributed by atoms with van der Waals surface area (Å²) in [5.41, 5.74) is 0.0342. The number of hydrogen-bond acceptors (Lipinski definition) is 4. The number of hydrogen-bond donors (Lipinski definition) is 0. The van der Waals surface area contributed by atoms with Crippen molar-refractivity contribution in [2.45, 2.75) is 44.8 Å². The highest BCUT2D eigenvalue weighted by atomic mass is 32.2. The van der Waals surface area contributed by atoms with E-state index in [0.29, 0.717) is 25.9 Å². The Bertz CT molecular complexity index is 457. The molecule has 2 aliphatic rings. The number of ether oxygens (including phenoxy) is 1. The van der Waals surface area contributed by atoms with Gasteiger partial charge in [-0.25, -0.2) is 12.7 Å². The van der Waals surface area contributed by atoms with Gasteiger partial charge in [0, 0.05) is 13.1 Å². The molecule has 0 amide bonds. The lowest BCUT2D eigenvalue weighted by atomic mass is 9.93. The molecule has 0 bridgehead atoms. The Balaban J connectivity index is 2.18. The number of rotatable bonds is 3. The van der Waals surface area contributed by atoms with Crippen LogP contribution in [-0.4, -0.2) is 44.1 Å². The Kier molecular flexibility index (Phi) is 3.93. The van der Waals surface area contributed by atoms with Gasteiger partial charge in [0.15, 0.2) is 0 Å². The molecule has 1 aliphatic carbocycles. The van der Waals surface area contributed by atoms with E-state index in [4.69, 9.17) is 4.74 Å². The Morgan fingerprint density at radius 2 is 2.00 bits per heavy atom. The first-order valence-electron chi connectivity index (χ1n) is 6.85. The summed E-state index contributed by atoms with van der Waals surface area (Å²) in [6, 6.07) is 0. The summed E-state index contributed by atoms with van der Waals surface area (Å²) in [6.07, 6.45) is 2.84. The Morgan fingerprint density at radius 1 is 1.32 bits per heavy atom. The molecule has 2 rings (SSSR count). The van der Waals surface area contributed by atoms with E-state index in [2.05, 4.69) is 13.8 Å². The predicted molar refractivity (Wildman–Crippen MR) is 72.0 cm³/mol. The average molecular weight is 289 g/mol. The van der Waals surface area contributed by atoms with Crippen LogP contribution in [-0.2, 0) is 19.6 Å². The van der Waals surface area contributed by atoms with E-state index in [1.807, 2.05) is 0 Å². The van der Waals surface area contributed by atoms with Gasteiger partial charge >= 0.3 is 5.97 Å². The summed E-state index contributed by atoms with van der Waals surface area (Å²) in [5.74, 6) is -0.872. The zero-order valence-electron chi connectivity index (χ0n) is 11.9. The fourth-order valence-corrected chi connectivity index (χ4v) is 5.56. The third-order valence-corrected chi connectivity index (χ3v) is 6.70. The van der Waals surface area contributed by atoms with Gasteiger partial charge in [-0.2, -0.15) is 0 Å². The summed E-state index contributed by atoms with van der Waals surface area (Å²) in [6.45, 7) is 5.28. The van der Waals surface area contributed by atoms with Gasteiger partial charge in [-0.15, -0.1) is 0 Å². The van der Waals surface area contributed by atoms with E-state index < -0.39 is 21.2 Å². The molecule has 0 aromatic rings. The molecule has 0 radical (unpaired) electrons. The smallest absolute Gasteiger partial charge is 0.310 e. The minimum atomic E-state index is -3.38. The number of carbonyl (C=O) groups is 1. The maximum atomic E-state index is 12.7. The zero-order valence-corrected chi connectivity index (χ0v) is 12.7. The molecule has 1 saturated carbocycles. The van der Waals surface area contributed by atoms with Crippen molar-refractivity contribution in [2.24, 2.45) is 11.3 Å². The van der Waals surface area contributed by atoms with Crippen LogP contribution in [0, 0.1) is 11.3 Å². The second-order valence-corrected chi connectivity index (χ2v) is 8.54. The van der Waals surface area contributed by atoms with E-state index in [9.17, 15) is 13.2 Å². The highest BCUT2D eigenvalue weighted by Gasteiger charge is 2.47. The molecule has 2 fully saturated rings. The molecular weight excluding hydrogens is 266 g/mol. The van der Waals surface area contributed by atoms with Crippen molar-refractivity contribution in [2.75, 3.05) is 20.2 Å². The Labute approximate surface area is 115 Å². The quantitative estimate of drug-likeness (QED) is 0.737. The van der Waals surface area contributed by atoms with Crippen molar-refractivity contribution >= 4 is 16.0 Å². The van der Waals surface area contributed by atoms with E-state index in [1.54, 1.807) is 4.31 Å². The van der Waals surface area contributed by atoms with Crippen LogP contribution in [0.3, 0.4) is 0 Å². The van der Waals surface area contributed by atoms with E-state index in [-0.39, 0.29) is 11.4 Å². The molecule has 0 N–H and O–H groups in total. The first-order chi connectivity index (χ1) is 8.78. The lowest BCUT2D eigenvalue weighted by molar-refractivity contribution is -0.145. The monoisotopic (exact) mass is 289 g/mol. The lowest BCUT2D eigenvalue weighted by Crippen LogP contribution is -2.42. The van der Waals surface area contributed by atoms with Crippen LogP contribution >= 0.6 is 0 Å². The molecule has 2 atom stereocenters. The maximum absolute atomic E-state index is 12.7. The van der Waals surface area contributed by atoms with Crippen molar-refractivity contribution in [3.8, 4) is 0 Å². The number of carbonyl (C=O) groups excluding carboxylic acids is 1. The first-order valence-corrected chi connectivity index (χ1v) is 8.35. The minimum absolute atomic E-state index is 0.0342. The number of nitrogens with zero attached hydrogens (tertiary/aromatic N) is 1. The normalized spacial score (nSPS) is 31.5. The summed E-state index contributed by atoms with van der Waals surface area (Å²) in [7, 11) is -2.06. The van der Waals surface area contributed by atoms with E-state index in [1.165, 1.54) is 7.11 Å². The zero-order chi connectivity index (χ0) is 14.3. The van der Waals surface area contributed by atoms with Crippen molar-refractivity contribution < 1.29 is 17.9 Å². The second-order valence-electron chi connectivity index (χ2n) is 6.39.